The van der Waals surface area contributed by atoms with E-state index in [1.165, 1.54) is 9.80 Å². The van der Waals surface area contributed by atoms with E-state index in [0.29, 0.717) is 16.9 Å². The van der Waals surface area contributed by atoms with Crippen LogP contribution in [0.25, 0.3) is 0 Å². The van der Waals surface area contributed by atoms with E-state index >= 15 is 0 Å². The monoisotopic (exact) mass is 385 g/mol. The first-order valence-corrected chi connectivity index (χ1v) is 9.58. The number of imide groups is 1. The van der Waals surface area contributed by atoms with Crippen molar-refractivity contribution in [3.63, 3.8) is 0 Å². The Morgan fingerprint density at radius 3 is 2.45 bits per heavy atom. The number of carbonyl (C=O) groups excluding carboxylic acids is 3. The number of para-hydroxylation sites is 2. The molecular formula is C23H19N3O3. The van der Waals surface area contributed by atoms with Gasteiger partial charge in [-0.25, -0.2) is 4.90 Å². The van der Waals surface area contributed by atoms with Crippen molar-refractivity contribution in [3.05, 3.63) is 60.2 Å². The highest BCUT2D eigenvalue weighted by molar-refractivity contribution is 6.26. The number of hydrogen-bond acceptors (Lipinski definition) is 4. The lowest BCUT2D eigenvalue weighted by Crippen LogP contribution is -2.55. The minimum Gasteiger partial charge on any atom is -0.298 e. The molecule has 0 saturated carbocycles. The molecule has 0 unspecified atom stereocenters. The van der Waals surface area contributed by atoms with E-state index in [0.717, 1.165) is 0 Å². The maximum absolute atomic E-state index is 13.6. The lowest BCUT2D eigenvalue weighted by Gasteiger charge is -2.30. The second-order valence-corrected chi connectivity index (χ2v) is 7.70. The molecule has 3 amide bonds. The highest BCUT2D eigenvalue weighted by Gasteiger charge is 2.71. The molecule has 3 heterocycles. The van der Waals surface area contributed by atoms with E-state index in [4.69, 9.17) is 6.42 Å². The summed E-state index contributed by atoms with van der Waals surface area (Å²) < 4.78 is 0. The van der Waals surface area contributed by atoms with Crippen molar-refractivity contribution in [2.45, 2.75) is 18.5 Å². The number of terminal acetylenes is 1. The number of anilines is 2. The van der Waals surface area contributed by atoms with Crippen molar-refractivity contribution in [3.8, 4) is 12.3 Å². The molecule has 0 aliphatic carbocycles. The predicted octanol–water partition coefficient (Wildman–Crippen LogP) is 1.66. The molecule has 2 fully saturated rings. The first-order valence-electron chi connectivity index (χ1n) is 9.58. The molecule has 1 spiro atoms. The highest BCUT2D eigenvalue weighted by Crippen LogP contribution is 2.54. The van der Waals surface area contributed by atoms with E-state index in [2.05, 4.69) is 11.2 Å². The van der Waals surface area contributed by atoms with Crippen LogP contribution >= 0.6 is 0 Å². The van der Waals surface area contributed by atoms with Crippen molar-refractivity contribution in [1.82, 2.24) is 5.32 Å². The summed E-state index contributed by atoms with van der Waals surface area (Å²) in [5.41, 5.74) is 0.636. The van der Waals surface area contributed by atoms with Crippen LogP contribution in [0, 0.1) is 24.2 Å². The van der Waals surface area contributed by atoms with Gasteiger partial charge in [-0.15, -0.1) is 6.42 Å². The van der Waals surface area contributed by atoms with Gasteiger partial charge in [-0.1, -0.05) is 42.3 Å². The van der Waals surface area contributed by atoms with Crippen LogP contribution < -0.4 is 15.1 Å². The van der Waals surface area contributed by atoms with E-state index in [1.807, 2.05) is 37.3 Å². The number of benzene rings is 2. The molecule has 3 aliphatic rings. The number of carbonyl (C=O) groups is 3. The molecule has 6 nitrogen and oxygen atoms in total. The van der Waals surface area contributed by atoms with Gasteiger partial charge >= 0.3 is 0 Å². The second kappa shape index (κ2) is 6.03. The van der Waals surface area contributed by atoms with Gasteiger partial charge in [0.05, 0.1) is 29.8 Å². The van der Waals surface area contributed by atoms with Crippen molar-refractivity contribution >= 4 is 29.1 Å². The molecule has 5 rings (SSSR count). The molecule has 6 heteroatoms. The number of hydrogen-bond donors (Lipinski definition) is 1. The molecule has 1 N–H and O–H groups in total. The minimum atomic E-state index is -1.28. The van der Waals surface area contributed by atoms with Gasteiger partial charge < -0.3 is 0 Å². The zero-order valence-electron chi connectivity index (χ0n) is 15.8. The molecule has 0 aromatic heterocycles. The van der Waals surface area contributed by atoms with Crippen LogP contribution in [-0.4, -0.2) is 30.3 Å². The summed E-state index contributed by atoms with van der Waals surface area (Å²) in [4.78, 5) is 43.3. The first-order chi connectivity index (χ1) is 14.0. The van der Waals surface area contributed by atoms with E-state index < -0.39 is 17.4 Å². The second-order valence-electron chi connectivity index (χ2n) is 7.70. The van der Waals surface area contributed by atoms with Crippen LogP contribution in [0.3, 0.4) is 0 Å². The van der Waals surface area contributed by atoms with Crippen LogP contribution in [0.1, 0.15) is 12.5 Å². The van der Waals surface area contributed by atoms with Crippen molar-refractivity contribution < 1.29 is 14.4 Å². The van der Waals surface area contributed by atoms with Gasteiger partial charge in [0.1, 0.15) is 5.54 Å². The van der Waals surface area contributed by atoms with E-state index in [-0.39, 0.29) is 30.3 Å². The lowest BCUT2D eigenvalue weighted by atomic mass is 9.76. The Balaban J connectivity index is 1.69. The fraction of sp³-hybridized carbons (Fsp3) is 0.261. The number of amides is 3. The molecule has 2 aromatic rings. The van der Waals surface area contributed by atoms with Gasteiger partial charge in [0.15, 0.2) is 0 Å². The average Bonchev–Trinajstić information content (AvgIpc) is 3.27. The number of nitrogens with zero attached hydrogens (tertiary/aromatic N) is 2. The first kappa shape index (κ1) is 17.7. The third-order valence-corrected chi connectivity index (χ3v) is 6.28. The maximum atomic E-state index is 13.6. The Morgan fingerprint density at radius 2 is 1.72 bits per heavy atom. The Hall–Kier alpha value is -3.43. The summed E-state index contributed by atoms with van der Waals surface area (Å²) >= 11 is 0. The lowest BCUT2D eigenvalue weighted by molar-refractivity contribution is -0.132. The molecule has 0 radical (unpaired) electrons. The fourth-order valence-corrected chi connectivity index (χ4v) is 5.19. The quantitative estimate of drug-likeness (QED) is 0.631. The van der Waals surface area contributed by atoms with Crippen LogP contribution in [0.15, 0.2) is 54.6 Å². The minimum absolute atomic E-state index is 0.107. The van der Waals surface area contributed by atoms with Crippen molar-refractivity contribution in [2.24, 2.45) is 11.8 Å². The standard InChI is InChI=1S/C23H19N3O3/c1-3-13-25-17-12-8-7-11-16(17)23(22(25)29)19-18(14(2)24-23)20(27)26(21(19)28)15-9-5-4-6-10-15/h1,4-12,14,18-19,24H,13H2,2H3/t14-,18-,19-,23+/m1/s1. The summed E-state index contributed by atoms with van der Waals surface area (Å²) in [5.74, 6) is 0.191. The molecule has 3 aliphatic heterocycles. The smallest absolute Gasteiger partial charge is 0.253 e. The Morgan fingerprint density at radius 1 is 1.03 bits per heavy atom. The van der Waals surface area contributed by atoms with E-state index in [1.54, 1.807) is 24.3 Å². The summed E-state index contributed by atoms with van der Waals surface area (Å²) in [5, 5.41) is 3.33. The van der Waals surface area contributed by atoms with Gasteiger partial charge in [-0.2, -0.15) is 0 Å². The number of fused-ring (bicyclic) bond motifs is 4. The SMILES string of the molecule is C#CCN1C(=O)[C@]2(N[C@H](C)[C@H]3C(=O)N(c4ccccc4)C(=O)[C@@H]32)c2ccccc21. The normalized spacial score (nSPS) is 30.1. The Kier molecular flexibility index (Phi) is 3.67. The van der Waals surface area contributed by atoms with Gasteiger partial charge in [0.2, 0.25) is 11.8 Å². The molecular weight excluding hydrogens is 366 g/mol. The summed E-state index contributed by atoms with van der Waals surface area (Å²) in [6.45, 7) is 1.96. The van der Waals surface area contributed by atoms with Gasteiger partial charge in [0, 0.05) is 11.6 Å². The molecule has 0 bridgehead atoms. The number of nitrogens with one attached hydrogen (secondary N) is 1. The molecule has 2 aromatic carbocycles. The van der Waals surface area contributed by atoms with Crippen LogP contribution in [0.5, 0.6) is 0 Å². The highest BCUT2D eigenvalue weighted by atomic mass is 16.2. The third-order valence-electron chi connectivity index (χ3n) is 6.28. The van der Waals surface area contributed by atoms with Crippen molar-refractivity contribution in [1.29, 1.82) is 0 Å². The largest absolute Gasteiger partial charge is 0.298 e. The van der Waals surface area contributed by atoms with Crippen LogP contribution in [0.4, 0.5) is 11.4 Å². The van der Waals surface area contributed by atoms with Crippen LogP contribution in [0.2, 0.25) is 0 Å². The topological polar surface area (TPSA) is 69.7 Å². The Labute approximate surface area is 168 Å². The molecule has 2 saturated heterocycles. The fourth-order valence-electron chi connectivity index (χ4n) is 5.19. The number of rotatable bonds is 2. The molecule has 144 valence electrons. The summed E-state index contributed by atoms with van der Waals surface area (Å²) in [6.07, 6.45) is 5.50. The Bertz CT molecular complexity index is 1090. The van der Waals surface area contributed by atoms with E-state index in [9.17, 15) is 14.4 Å². The van der Waals surface area contributed by atoms with Crippen LogP contribution in [-0.2, 0) is 19.9 Å². The zero-order valence-corrected chi connectivity index (χ0v) is 15.8. The van der Waals surface area contributed by atoms with Gasteiger partial charge in [0.25, 0.3) is 5.91 Å². The molecule has 4 atom stereocenters. The summed E-state index contributed by atoms with van der Waals surface area (Å²) in [7, 11) is 0. The third kappa shape index (κ3) is 2.08. The van der Waals surface area contributed by atoms with Gasteiger partial charge in [-0.3, -0.25) is 24.6 Å². The average molecular weight is 385 g/mol. The van der Waals surface area contributed by atoms with Gasteiger partial charge in [-0.05, 0) is 25.1 Å². The van der Waals surface area contributed by atoms with Crippen molar-refractivity contribution in [2.75, 3.05) is 16.3 Å². The maximum Gasteiger partial charge on any atom is 0.253 e. The zero-order chi connectivity index (χ0) is 20.3. The predicted molar refractivity (Wildman–Crippen MR) is 108 cm³/mol. The summed E-state index contributed by atoms with van der Waals surface area (Å²) in [6, 6.07) is 15.9. The molecule has 29 heavy (non-hydrogen) atoms.